The van der Waals surface area contributed by atoms with Gasteiger partial charge in [0.2, 0.25) is 0 Å². The second-order valence-electron chi connectivity index (χ2n) is 4.47. The number of nitrogens with two attached hydrogens (primary N) is 1. The predicted molar refractivity (Wildman–Crippen MR) is 57.7 cm³/mol. The van der Waals surface area contributed by atoms with E-state index < -0.39 is 0 Å². The van der Waals surface area contributed by atoms with Gasteiger partial charge < -0.3 is 11.1 Å². The number of rotatable bonds is 7. The van der Waals surface area contributed by atoms with Gasteiger partial charge in [-0.05, 0) is 44.3 Å². The van der Waals surface area contributed by atoms with Crippen LogP contribution in [-0.2, 0) is 0 Å². The molecule has 0 aromatic heterocycles. The van der Waals surface area contributed by atoms with Gasteiger partial charge in [0.05, 0.1) is 0 Å². The fourth-order valence-corrected chi connectivity index (χ4v) is 1.82. The minimum Gasteiger partial charge on any atom is -0.330 e. The first-order valence-corrected chi connectivity index (χ1v) is 5.73. The third kappa shape index (κ3) is 4.63. The first kappa shape index (κ1) is 11.0. The Morgan fingerprint density at radius 3 is 2.77 bits per heavy atom. The Morgan fingerprint density at radius 1 is 1.46 bits per heavy atom. The molecule has 1 fully saturated rings. The first-order valence-electron chi connectivity index (χ1n) is 5.73. The lowest BCUT2D eigenvalue weighted by molar-refractivity contribution is 0.289. The van der Waals surface area contributed by atoms with Crippen LogP contribution in [0.5, 0.6) is 0 Å². The Kier molecular flexibility index (Phi) is 5.40. The Hall–Kier alpha value is -0.0800. The third-order valence-corrected chi connectivity index (χ3v) is 3.11. The standard InChI is InChI=1S/C11H24N2/c1-10(5-7-12)9-13-8-6-11-3-2-4-11/h10-11,13H,2-9,12H2,1H3. The second kappa shape index (κ2) is 6.39. The molecule has 0 amide bonds. The minimum atomic E-state index is 0.742. The lowest BCUT2D eigenvalue weighted by Gasteiger charge is -2.25. The zero-order valence-corrected chi connectivity index (χ0v) is 8.89. The molecule has 78 valence electrons. The predicted octanol–water partition coefficient (Wildman–Crippen LogP) is 1.75. The van der Waals surface area contributed by atoms with Crippen molar-refractivity contribution in [3.63, 3.8) is 0 Å². The van der Waals surface area contributed by atoms with Crippen molar-refractivity contribution in [2.45, 2.75) is 39.0 Å². The molecule has 1 rings (SSSR count). The van der Waals surface area contributed by atoms with Gasteiger partial charge in [-0.25, -0.2) is 0 Å². The topological polar surface area (TPSA) is 38.0 Å². The molecule has 2 nitrogen and oxygen atoms in total. The highest BCUT2D eigenvalue weighted by Crippen LogP contribution is 2.28. The van der Waals surface area contributed by atoms with Crippen LogP contribution in [0.25, 0.3) is 0 Å². The lowest BCUT2D eigenvalue weighted by atomic mass is 9.83. The molecule has 0 aliphatic heterocycles. The summed E-state index contributed by atoms with van der Waals surface area (Å²) in [7, 11) is 0. The second-order valence-corrected chi connectivity index (χ2v) is 4.47. The van der Waals surface area contributed by atoms with E-state index in [4.69, 9.17) is 5.73 Å². The van der Waals surface area contributed by atoms with E-state index in [0.717, 1.165) is 31.3 Å². The molecule has 0 spiro atoms. The molecule has 0 aromatic rings. The van der Waals surface area contributed by atoms with Crippen molar-refractivity contribution in [1.82, 2.24) is 5.32 Å². The molecule has 3 N–H and O–H groups in total. The molecule has 13 heavy (non-hydrogen) atoms. The molecule has 2 heteroatoms. The number of hydrogen-bond donors (Lipinski definition) is 2. The molecule has 1 atom stereocenters. The quantitative estimate of drug-likeness (QED) is 0.592. The van der Waals surface area contributed by atoms with Crippen LogP contribution in [0.4, 0.5) is 0 Å². The molecule has 0 aromatic carbocycles. The lowest BCUT2D eigenvalue weighted by Crippen LogP contribution is -2.26. The maximum Gasteiger partial charge on any atom is -0.00227 e. The van der Waals surface area contributed by atoms with Gasteiger partial charge in [0.25, 0.3) is 0 Å². The zero-order valence-electron chi connectivity index (χ0n) is 8.89. The third-order valence-electron chi connectivity index (χ3n) is 3.11. The van der Waals surface area contributed by atoms with E-state index in [0.29, 0.717) is 0 Å². The molecular formula is C11H24N2. The first-order chi connectivity index (χ1) is 6.33. The highest BCUT2D eigenvalue weighted by atomic mass is 14.9. The van der Waals surface area contributed by atoms with Gasteiger partial charge >= 0.3 is 0 Å². The van der Waals surface area contributed by atoms with Crippen molar-refractivity contribution < 1.29 is 0 Å². The Balaban J connectivity index is 1.82. The highest BCUT2D eigenvalue weighted by molar-refractivity contribution is 4.70. The van der Waals surface area contributed by atoms with E-state index >= 15 is 0 Å². The van der Waals surface area contributed by atoms with Gasteiger partial charge in [0.15, 0.2) is 0 Å². The van der Waals surface area contributed by atoms with Gasteiger partial charge in [-0.1, -0.05) is 26.2 Å². The average molecular weight is 184 g/mol. The average Bonchev–Trinajstić information content (AvgIpc) is 2.01. The van der Waals surface area contributed by atoms with Crippen LogP contribution in [-0.4, -0.2) is 19.6 Å². The summed E-state index contributed by atoms with van der Waals surface area (Å²) in [6.45, 7) is 5.44. The van der Waals surface area contributed by atoms with Crippen LogP contribution < -0.4 is 11.1 Å². The van der Waals surface area contributed by atoms with Crippen LogP contribution in [0.15, 0.2) is 0 Å². The molecule has 0 heterocycles. The number of nitrogens with one attached hydrogen (secondary N) is 1. The van der Waals surface area contributed by atoms with E-state index in [1.54, 1.807) is 0 Å². The maximum absolute atomic E-state index is 5.48. The normalized spacial score (nSPS) is 19.8. The summed E-state index contributed by atoms with van der Waals surface area (Å²) in [4.78, 5) is 0. The van der Waals surface area contributed by atoms with E-state index in [9.17, 15) is 0 Å². The highest BCUT2D eigenvalue weighted by Gasteiger charge is 2.16. The van der Waals surface area contributed by atoms with Crippen LogP contribution in [0, 0.1) is 11.8 Å². The largest absolute Gasteiger partial charge is 0.330 e. The molecule has 1 aliphatic carbocycles. The van der Waals surface area contributed by atoms with Gasteiger partial charge in [-0.3, -0.25) is 0 Å². The van der Waals surface area contributed by atoms with Crippen molar-refractivity contribution in [1.29, 1.82) is 0 Å². The summed E-state index contributed by atoms with van der Waals surface area (Å²) in [6.07, 6.45) is 6.94. The van der Waals surface area contributed by atoms with Crippen LogP contribution >= 0.6 is 0 Å². The van der Waals surface area contributed by atoms with Crippen molar-refractivity contribution in [2.75, 3.05) is 19.6 Å². The van der Waals surface area contributed by atoms with Crippen LogP contribution in [0.1, 0.15) is 39.0 Å². The Morgan fingerprint density at radius 2 is 2.23 bits per heavy atom. The van der Waals surface area contributed by atoms with Crippen LogP contribution in [0.3, 0.4) is 0 Å². The van der Waals surface area contributed by atoms with Crippen molar-refractivity contribution >= 4 is 0 Å². The Bertz CT molecular complexity index is 121. The summed E-state index contributed by atoms with van der Waals surface area (Å²) in [5.74, 6) is 1.78. The molecule has 1 aliphatic rings. The minimum absolute atomic E-state index is 0.742. The van der Waals surface area contributed by atoms with Crippen LogP contribution in [0.2, 0.25) is 0 Å². The molecule has 0 radical (unpaired) electrons. The monoisotopic (exact) mass is 184 g/mol. The SMILES string of the molecule is CC(CCN)CNCCC1CCC1. The number of hydrogen-bond acceptors (Lipinski definition) is 2. The summed E-state index contributed by atoms with van der Waals surface area (Å²) in [5.41, 5.74) is 5.48. The summed E-state index contributed by atoms with van der Waals surface area (Å²) >= 11 is 0. The molecule has 1 saturated carbocycles. The summed E-state index contributed by atoms with van der Waals surface area (Å²) in [6, 6.07) is 0. The summed E-state index contributed by atoms with van der Waals surface area (Å²) in [5, 5.41) is 3.51. The molecule has 0 bridgehead atoms. The van der Waals surface area contributed by atoms with E-state index in [1.165, 1.54) is 32.2 Å². The van der Waals surface area contributed by atoms with E-state index in [-0.39, 0.29) is 0 Å². The van der Waals surface area contributed by atoms with Crippen molar-refractivity contribution in [2.24, 2.45) is 17.6 Å². The van der Waals surface area contributed by atoms with Gasteiger partial charge in [0.1, 0.15) is 0 Å². The fraction of sp³-hybridized carbons (Fsp3) is 1.00. The maximum atomic E-state index is 5.48. The summed E-state index contributed by atoms with van der Waals surface area (Å²) < 4.78 is 0. The van der Waals surface area contributed by atoms with Gasteiger partial charge in [-0.2, -0.15) is 0 Å². The Labute approximate surface area is 82.3 Å². The van der Waals surface area contributed by atoms with Gasteiger partial charge in [0, 0.05) is 0 Å². The van der Waals surface area contributed by atoms with Crippen molar-refractivity contribution in [3.8, 4) is 0 Å². The van der Waals surface area contributed by atoms with E-state index in [1.807, 2.05) is 0 Å². The van der Waals surface area contributed by atoms with Gasteiger partial charge in [-0.15, -0.1) is 0 Å². The molecule has 0 saturated heterocycles. The van der Waals surface area contributed by atoms with E-state index in [2.05, 4.69) is 12.2 Å². The molecule has 1 unspecified atom stereocenters. The molecular weight excluding hydrogens is 160 g/mol. The van der Waals surface area contributed by atoms with Crippen molar-refractivity contribution in [3.05, 3.63) is 0 Å². The fourth-order valence-electron chi connectivity index (χ4n) is 1.82. The smallest absolute Gasteiger partial charge is 0.00227 e. The zero-order chi connectivity index (χ0) is 9.52.